The Hall–Kier alpha value is -1.48. The van der Waals surface area contributed by atoms with Crippen LogP contribution in [-0.4, -0.2) is 35.3 Å². The summed E-state index contributed by atoms with van der Waals surface area (Å²) >= 11 is 3.14. The predicted molar refractivity (Wildman–Crippen MR) is 114 cm³/mol. The number of carbonyl (C=O) groups is 2. The van der Waals surface area contributed by atoms with Gasteiger partial charge in [-0.25, -0.2) is 0 Å². The third-order valence-electron chi connectivity index (χ3n) is 3.83. The van der Waals surface area contributed by atoms with Crippen molar-refractivity contribution in [2.75, 3.05) is 13.2 Å². The standard InChI is InChI=1S/C19H22INO4S/c1-5-8-25-17-14(20)9-13(10-15(17)24-7-3)11-16-18(22)21(12(4)6-2)19(23)26-16/h5,9-12H,1,6-8H2,2-4H3/b16-11+/t12-/m0/s1. The summed E-state index contributed by atoms with van der Waals surface area (Å²) in [6.07, 6.45) is 4.13. The summed E-state index contributed by atoms with van der Waals surface area (Å²) in [5, 5.41) is -0.221. The normalized spacial score (nSPS) is 16.9. The number of hydrogen-bond donors (Lipinski definition) is 0. The third-order valence-corrected chi connectivity index (χ3v) is 5.52. The summed E-state index contributed by atoms with van der Waals surface area (Å²) in [4.78, 5) is 26.5. The minimum atomic E-state index is -0.241. The first-order valence-electron chi connectivity index (χ1n) is 8.39. The highest BCUT2D eigenvalue weighted by Crippen LogP contribution is 2.38. The van der Waals surface area contributed by atoms with E-state index in [1.54, 1.807) is 12.2 Å². The highest BCUT2D eigenvalue weighted by molar-refractivity contribution is 14.1. The first-order valence-corrected chi connectivity index (χ1v) is 10.3. The molecule has 1 saturated heterocycles. The van der Waals surface area contributed by atoms with E-state index in [9.17, 15) is 9.59 Å². The van der Waals surface area contributed by atoms with Crippen LogP contribution in [0, 0.1) is 3.57 Å². The fourth-order valence-electron chi connectivity index (χ4n) is 2.41. The summed E-state index contributed by atoms with van der Waals surface area (Å²) in [5.41, 5.74) is 0.790. The van der Waals surface area contributed by atoms with E-state index in [0.717, 1.165) is 27.3 Å². The van der Waals surface area contributed by atoms with Crippen LogP contribution in [0.1, 0.15) is 32.8 Å². The number of thioether (sulfide) groups is 1. The number of halogens is 1. The number of imide groups is 1. The molecule has 1 aromatic rings. The van der Waals surface area contributed by atoms with Crippen LogP contribution in [0.3, 0.4) is 0 Å². The maximum absolute atomic E-state index is 12.6. The lowest BCUT2D eigenvalue weighted by atomic mass is 10.1. The second kappa shape index (κ2) is 9.45. The number of ether oxygens (including phenoxy) is 2. The Bertz CT molecular complexity index is 747. The van der Waals surface area contributed by atoms with E-state index in [1.807, 2.05) is 32.9 Å². The van der Waals surface area contributed by atoms with E-state index in [0.29, 0.717) is 29.6 Å². The molecule has 1 heterocycles. The van der Waals surface area contributed by atoms with Crippen LogP contribution in [0.2, 0.25) is 0 Å². The summed E-state index contributed by atoms with van der Waals surface area (Å²) in [7, 11) is 0. The molecular weight excluding hydrogens is 465 g/mol. The molecule has 0 N–H and O–H groups in total. The van der Waals surface area contributed by atoms with E-state index in [2.05, 4.69) is 29.2 Å². The largest absolute Gasteiger partial charge is 0.490 e. The van der Waals surface area contributed by atoms with Crippen molar-refractivity contribution < 1.29 is 19.1 Å². The highest BCUT2D eigenvalue weighted by Gasteiger charge is 2.37. The lowest BCUT2D eigenvalue weighted by Gasteiger charge is -2.19. The molecule has 0 radical (unpaired) electrons. The van der Waals surface area contributed by atoms with Crippen LogP contribution in [0.5, 0.6) is 11.5 Å². The zero-order valence-electron chi connectivity index (χ0n) is 15.1. The van der Waals surface area contributed by atoms with Gasteiger partial charge in [0.2, 0.25) is 0 Å². The van der Waals surface area contributed by atoms with Gasteiger partial charge < -0.3 is 9.47 Å². The van der Waals surface area contributed by atoms with E-state index in [1.165, 1.54) is 4.90 Å². The van der Waals surface area contributed by atoms with Crippen LogP contribution in [0.15, 0.2) is 29.7 Å². The van der Waals surface area contributed by atoms with Gasteiger partial charge in [-0.15, -0.1) is 0 Å². The Morgan fingerprint density at radius 2 is 2.04 bits per heavy atom. The number of carbonyl (C=O) groups excluding carboxylic acids is 2. The number of hydrogen-bond acceptors (Lipinski definition) is 5. The smallest absolute Gasteiger partial charge is 0.293 e. The maximum Gasteiger partial charge on any atom is 0.293 e. The van der Waals surface area contributed by atoms with Crippen molar-refractivity contribution in [3.8, 4) is 11.5 Å². The quantitative estimate of drug-likeness (QED) is 0.291. The second-order valence-electron chi connectivity index (χ2n) is 5.67. The topological polar surface area (TPSA) is 55.8 Å². The molecule has 1 fully saturated rings. The molecule has 0 saturated carbocycles. The lowest BCUT2D eigenvalue weighted by molar-refractivity contribution is -0.124. The summed E-state index contributed by atoms with van der Waals surface area (Å²) in [6, 6.07) is 3.61. The van der Waals surface area contributed by atoms with Gasteiger partial charge in [-0.05, 0) is 78.4 Å². The SMILES string of the molecule is C=CCOc1c(I)cc(/C=C2/SC(=O)N([C@@H](C)CC)C2=O)cc1OCC. The predicted octanol–water partition coefficient (Wildman–Crippen LogP) is 5.09. The zero-order valence-corrected chi connectivity index (χ0v) is 18.1. The van der Waals surface area contributed by atoms with Crippen molar-refractivity contribution >= 4 is 51.6 Å². The molecule has 26 heavy (non-hydrogen) atoms. The molecule has 1 aliphatic heterocycles. The van der Waals surface area contributed by atoms with Gasteiger partial charge in [-0.3, -0.25) is 14.5 Å². The Morgan fingerprint density at radius 3 is 2.65 bits per heavy atom. The van der Waals surface area contributed by atoms with Crippen LogP contribution < -0.4 is 9.47 Å². The van der Waals surface area contributed by atoms with Crippen LogP contribution >= 0.6 is 34.4 Å². The van der Waals surface area contributed by atoms with E-state index < -0.39 is 0 Å². The van der Waals surface area contributed by atoms with Gasteiger partial charge in [-0.2, -0.15) is 0 Å². The zero-order chi connectivity index (χ0) is 19.3. The third kappa shape index (κ3) is 4.62. The highest BCUT2D eigenvalue weighted by atomic mass is 127. The molecule has 2 amide bonds. The molecule has 7 heteroatoms. The van der Waals surface area contributed by atoms with Gasteiger partial charge in [0.05, 0.1) is 15.1 Å². The number of benzene rings is 1. The molecule has 0 aliphatic carbocycles. The number of nitrogens with zero attached hydrogens (tertiary/aromatic N) is 1. The number of rotatable bonds is 8. The minimum absolute atomic E-state index is 0.109. The lowest BCUT2D eigenvalue weighted by Crippen LogP contribution is -2.36. The molecule has 0 bridgehead atoms. The van der Waals surface area contributed by atoms with Gasteiger partial charge in [0, 0.05) is 6.04 Å². The van der Waals surface area contributed by atoms with Crippen molar-refractivity contribution in [2.24, 2.45) is 0 Å². The van der Waals surface area contributed by atoms with Crippen molar-refractivity contribution in [3.05, 3.63) is 38.8 Å². The minimum Gasteiger partial charge on any atom is -0.490 e. The average Bonchev–Trinajstić information content (AvgIpc) is 2.87. The van der Waals surface area contributed by atoms with Crippen molar-refractivity contribution in [1.82, 2.24) is 4.90 Å². The van der Waals surface area contributed by atoms with Gasteiger partial charge >= 0.3 is 0 Å². The first kappa shape index (κ1) is 20.8. The Labute approximate surface area is 171 Å². The van der Waals surface area contributed by atoms with Crippen molar-refractivity contribution in [3.63, 3.8) is 0 Å². The molecule has 1 aromatic carbocycles. The van der Waals surface area contributed by atoms with Crippen LogP contribution in [0.25, 0.3) is 6.08 Å². The van der Waals surface area contributed by atoms with Gasteiger partial charge in [-0.1, -0.05) is 19.6 Å². The molecule has 140 valence electrons. The van der Waals surface area contributed by atoms with Crippen molar-refractivity contribution in [2.45, 2.75) is 33.2 Å². The van der Waals surface area contributed by atoms with E-state index in [4.69, 9.17) is 9.47 Å². The summed E-state index contributed by atoms with van der Waals surface area (Å²) < 4.78 is 12.2. The number of amides is 2. The Kier molecular flexibility index (Phi) is 7.57. The molecular formula is C19H22INO4S. The van der Waals surface area contributed by atoms with Gasteiger partial charge in [0.25, 0.3) is 11.1 Å². The van der Waals surface area contributed by atoms with E-state index >= 15 is 0 Å². The fourth-order valence-corrected chi connectivity index (χ4v) is 4.12. The Balaban J connectivity index is 2.37. The Morgan fingerprint density at radius 1 is 1.31 bits per heavy atom. The second-order valence-corrected chi connectivity index (χ2v) is 7.83. The molecule has 0 spiro atoms. The average molecular weight is 487 g/mol. The molecule has 0 aromatic heterocycles. The summed E-state index contributed by atoms with van der Waals surface area (Å²) in [5.74, 6) is 1.01. The van der Waals surface area contributed by atoms with Crippen molar-refractivity contribution in [1.29, 1.82) is 0 Å². The van der Waals surface area contributed by atoms with Gasteiger partial charge in [0.1, 0.15) is 6.61 Å². The van der Waals surface area contributed by atoms with Crippen LogP contribution in [-0.2, 0) is 4.79 Å². The maximum atomic E-state index is 12.6. The fraction of sp³-hybridized carbons (Fsp3) is 0.368. The molecule has 5 nitrogen and oxygen atoms in total. The summed E-state index contributed by atoms with van der Waals surface area (Å²) in [6.45, 7) is 10.3. The van der Waals surface area contributed by atoms with Gasteiger partial charge in [0.15, 0.2) is 11.5 Å². The molecule has 2 rings (SSSR count). The van der Waals surface area contributed by atoms with Crippen LogP contribution in [0.4, 0.5) is 4.79 Å². The first-order chi connectivity index (χ1) is 12.4. The van der Waals surface area contributed by atoms with E-state index in [-0.39, 0.29) is 17.2 Å². The molecule has 0 unspecified atom stereocenters. The monoisotopic (exact) mass is 487 g/mol. The molecule has 1 atom stereocenters. The molecule has 1 aliphatic rings.